The van der Waals surface area contributed by atoms with Gasteiger partial charge in [-0.25, -0.2) is 4.39 Å². The fourth-order valence-corrected chi connectivity index (χ4v) is 2.37. The maximum absolute atomic E-state index is 13.1. The van der Waals surface area contributed by atoms with Gasteiger partial charge in [-0.1, -0.05) is 19.1 Å². The summed E-state index contributed by atoms with van der Waals surface area (Å²) in [7, 11) is 0. The van der Waals surface area contributed by atoms with E-state index >= 15 is 0 Å². The van der Waals surface area contributed by atoms with Gasteiger partial charge < -0.3 is 5.32 Å². The Kier molecular flexibility index (Phi) is 1.72. The van der Waals surface area contributed by atoms with Crippen LogP contribution in [0.5, 0.6) is 0 Å². The molecule has 15 heavy (non-hydrogen) atoms. The molecule has 0 bridgehead atoms. The van der Waals surface area contributed by atoms with E-state index in [4.69, 9.17) is 0 Å². The predicted molar refractivity (Wildman–Crippen MR) is 60.8 cm³/mol. The van der Waals surface area contributed by atoms with Crippen molar-refractivity contribution in [1.29, 1.82) is 0 Å². The average Bonchev–Trinajstić information content (AvgIpc) is 2.60. The summed E-state index contributed by atoms with van der Waals surface area (Å²) in [5.74, 6) is 0.343. The van der Waals surface area contributed by atoms with Gasteiger partial charge in [-0.15, -0.1) is 0 Å². The van der Waals surface area contributed by atoms with Gasteiger partial charge in [-0.05, 0) is 34.5 Å². The van der Waals surface area contributed by atoms with Gasteiger partial charge in [0.1, 0.15) is 5.82 Å². The molecular weight excluding hydrogens is 189 g/mol. The van der Waals surface area contributed by atoms with Crippen LogP contribution in [0.2, 0.25) is 0 Å². The van der Waals surface area contributed by atoms with Crippen LogP contribution in [0.1, 0.15) is 18.4 Å². The van der Waals surface area contributed by atoms with Crippen molar-refractivity contribution in [2.24, 2.45) is 0 Å². The molecule has 0 aliphatic carbocycles. The molecule has 2 aromatic carbocycles. The van der Waals surface area contributed by atoms with Crippen LogP contribution in [-0.4, -0.2) is 6.54 Å². The fourth-order valence-electron chi connectivity index (χ4n) is 2.37. The summed E-state index contributed by atoms with van der Waals surface area (Å²) < 4.78 is 13.1. The minimum Gasteiger partial charge on any atom is -0.384 e. The van der Waals surface area contributed by atoms with Gasteiger partial charge in [-0.2, -0.15) is 0 Å². The molecule has 2 heteroatoms. The number of rotatable bonds is 0. The molecule has 1 aliphatic rings. The Morgan fingerprint density at radius 2 is 2.13 bits per heavy atom. The summed E-state index contributed by atoms with van der Waals surface area (Å²) in [6, 6.07) is 9.03. The quantitative estimate of drug-likeness (QED) is 0.687. The molecule has 0 spiro atoms. The van der Waals surface area contributed by atoms with Crippen LogP contribution in [0.15, 0.2) is 30.3 Å². The monoisotopic (exact) mass is 201 g/mol. The Hall–Kier alpha value is -1.57. The van der Waals surface area contributed by atoms with Crippen molar-refractivity contribution in [1.82, 2.24) is 0 Å². The van der Waals surface area contributed by atoms with Crippen molar-refractivity contribution in [3.05, 3.63) is 41.7 Å². The van der Waals surface area contributed by atoms with Gasteiger partial charge in [0.2, 0.25) is 0 Å². The first-order valence-corrected chi connectivity index (χ1v) is 5.22. The number of hydrogen-bond donors (Lipinski definition) is 1. The fraction of sp³-hybridized carbons (Fsp3) is 0.231. The highest BCUT2D eigenvalue weighted by Gasteiger charge is 2.20. The molecule has 0 saturated carbocycles. The third kappa shape index (κ3) is 1.21. The second-order valence-corrected chi connectivity index (χ2v) is 4.17. The molecule has 0 amide bonds. The SMILES string of the molecule is CC1CNc2ccc3cc(F)ccc3c21. The summed E-state index contributed by atoms with van der Waals surface area (Å²) in [5, 5.41) is 5.53. The van der Waals surface area contributed by atoms with Crippen LogP contribution in [0.3, 0.4) is 0 Å². The lowest BCUT2D eigenvalue weighted by atomic mass is 9.96. The van der Waals surface area contributed by atoms with Crippen LogP contribution in [0, 0.1) is 5.82 Å². The Morgan fingerprint density at radius 3 is 3.00 bits per heavy atom. The molecule has 1 atom stereocenters. The number of nitrogens with one attached hydrogen (secondary N) is 1. The summed E-state index contributed by atoms with van der Waals surface area (Å²) in [6.45, 7) is 3.17. The number of anilines is 1. The standard InChI is InChI=1S/C13H12FN/c1-8-7-15-12-5-2-9-6-10(14)3-4-11(9)13(8)12/h2-6,8,15H,7H2,1H3. The maximum Gasteiger partial charge on any atom is 0.123 e. The lowest BCUT2D eigenvalue weighted by Crippen LogP contribution is -1.96. The van der Waals surface area contributed by atoms with Crippen molar-refractivity contribution in [3.63, 3.8) is 0 Å². The first-order valence-electron chi connectivity index (χ1n) is 5.22. The van der Waals surface area contributed by atoms with E-state index in [1.54, 1.807) is 6.07 Å². The molecule has 0 aromatic heterocycles. The molecule has 0 radical (unpaired) electrons. The lowest BCUT2D eigenvalue weighted by Gasteiger charge is -2.07. The highest BCUT2D eigenvalue weighted by Crippen LogP contribution is 2.37. The zero-order valence-electron chi connectivity index (χ0n) is 8.55. The minimum absolute atomic E-state index is 0.166. The van der Waals surface area contributed by atoms with Gasteiger partial charge in [0.05, 0.1) is 0 Å². The molecule has 2 aromatic rings. The van der Waals surface area contributed by atoms with E-state index in [1.807, 2.05) is 18.2 Å². The summed E-state index contributed by atoms with van der Waals surface area (Å²) in [6.07, 6.45) is 0. The second kappa shape index (κ2) is 2.96. The molecule has 1 nitrogen and oxygen atoms in total. The maximum atomic E-state index is 13.1. The van der Waals surface area contributed by atoms with Crippen molar-refractivity contribution in [2.45, 2.75) is 12.8 Å². The molecule has 1 heterocycles. The largest absolute Gasteiger partial charge is 0.384 e. The van der Waals surface area contributed by atoms with Crippen molar-refractivity contribution in [3.8, 4) is 0 Å². The van der Waals surface area contributed by atoms with E-state index in [2.05, 4.69) is 12.2 Å². The molecule has 76 valence electrons. The average molecular weight is 201 g/mol. The van der Waals surface area contributed by atoms with E-state index in [0.29, 0.717) is 5.92 Å². The molecule has 1 aliphatic heterocycles. The Labute approximate surface area is 87.9 Å². The molecule has 3 rings (SSSR count). The third-order valence-corrected chi connectivity index (χ3v) is 3.12. The number of benzene rings is 2. The highest BCUT2D eigenvalue weighted by atomic mass is 19.1. The molecule has 1 N–H and O–H groups in total. The van der Waals surface area contributed by atoms with E-state index in [-0.39, 0.29) is 5.82 Å². The zero-order valence-corrected chi connectivity index (χ0v) is 8.55. The number of halogens is 1. The predicted octanol–water partition coefficient (Wildman–Crippen LogP) is 3.51. The van der Waals surface area contributed by atoms with Gasteiger partial charge in [-0.3, -0.25) is 0 Å². The Balaban J connectivity index is 2.38. The van der Waals surface area contributed by atoms with Crippen LogP contribution >= 0.6 is 0 Å². The number of hydrogen-bond acceptors (Lipinski definition) is 1. The zero-order chi connectivity index (χ0) is 10.4. The van der Waals surface area contributed by atoms with E-state index in [1.165, 1.54) is 22.7 Å². The van der Waals surface area contributed by atoms with Gasteiger partial charge >= 0.3 is 0 Å². The molecule has 0 saturated heterocycles. The van der Waals surface area contributed by atoms with Crippen molar-refractivity contribution < 1.29 is 4.39 Å². The summed E-state index contributed by atoms with van der Waals surface area (Å²) in [4.78, 5) is 0. The first-order chi connectivity index (χ1) is 7.25. The Bertz CT molecular complexity index is 533. The first kappa shape index (κ1) is 8.72. The van der Waals surface area contributed by atoms with Gasteiger partial charge in [0.15, 0.2) is 0 Å². The second-order valence-electron chi connectivity index (χ2n) is 4.17. The third-order valence-electron chi connectivity index (χ3n) is 3.12. The summed E-state index contributed by atoms with van der Waals surface area (Å²) in [5.41, 5.74) is 2.52. The van der Waals surface area contributed by atoms with Gasteiger partial charge in [0.25, 0.3) is 0 Å². The topological polar surface area (TPSA) is 12.0 Å². The van der Waals surface area contributed by atoms with Crippen molar-refractivity contribution in [2.75, 3.05) is 11.9 Å². The normalized spacial score (nSPS) is 18.9. The summed E-state index contributed by atoms with van der Waals surface area (Å²) >= 11 is 0. The molecule has 0 fully saturated rings. The number of fused-ring (bicyclic) bond motifs is 3. The molecule has 1 unspecified atom stereocenters. The minimum atomic E-state index is -0.166. The smallest absolute Gasteiger partial charge is 0.123 e. The van der Waals surface area contributed by atoms with E-state index in [9.17, 15) is 4.39 Å². The van der Waals surface area contributed by atoms with E-state index < -0.39 is 0 Å². The van der Waals surface area contributed by atoms with Crippen LogP contribution in [-0.2, 0) is 0 Å². The van der Waals surface area contributed by atoms with Crippen molar-refractivity contribution >= 4 is 16.5 Å². The lowest BCUT2D eigenvalue weighted by molar-refractivity contribution is 0.629. The van der Waals surface area contributed by atoms with Crippen LogP contribution in [0.4, 0.5) is 10.1 Å². The Morgan fingerprint density at radius 1 is 1.27 bits per heavy atom. The molecular formula is C13H12FN. The van der Waals surface area contributed by atoms with E-state index in [0.717, 1.165) is 11.9 Å². The highest BCUT2D eigenvalue weighted by molar-refractivity contribution is 5.91. The van der Waals surface area contributed by atoms with Crippen LogP contribution in [0.25, 0.3) is 10.8 Å². The van der Waals surface area contributed by atoms with Crippen LogP contribution < -0.4 is 5.32 Å². The van der Waals surface area contributed by atoms with Gasteiger partial charge in [0, 0.05) is 18.2 Å².